The maximum Gasteiger partial charge on any atom is 0.335 e. The number of fused-ring (bicyclic) bond motifs is 3. The van der Waals surface area contributed by atoms with E-state index in [1.54, 1.807) is 35.6 Å². The third kappa shape index (κ3) is 4.08. The zero-order valence-corrected chi connectivity index (χ0v) is 21.8. The third-order valence-electron chi connectivity index (χ3n) is 8.19. The average molecular weight is 534 g/mol. The summed E-state index contributed by atoms with van der Waals surface area (Å²) in [6, 6.07) is 10.8. The van der Waals surface area contributed by atoms with Crippen molar-refractivity contribution < 1.29 is 23.6 Å². The van der Waals surface area contributed by atoms with Gasteiger partial charge in [0.15, 0.2) is 5.13 Å². The van der Waals surface area contributed by atoms with Crippen molar-refractivity contribution in [2.75, 3.05) is 4.90 Å². The van der Waals surface area contributed by atoms with Crippen LogP contribution in [0.25, 0.3) is 21.5 Å². The molecule has 2 aromatic carbocycles. The lowest BCUT2D eigenvalue weighted by Gasteiger charge is -2.38. The smallest absolute Gasteiger partial charge is 0.335 e. The molecule has 2 bridgehead atoms. The average Bonchev–Trinajstić information content (AvgIpc) is 3.41. The Balaban J connectivity index is 1.10. The number of halogens is 1. The summed E-state index contributed by atoms with van der Waals surface area (Å²) in [5.41, 5.74) is 3.95. The lowest BCUT2D eigenvalue weighted by Crippen LogP contribution is -2.45. The molecule has 2 saturated heterocycles. The molecule has 3 fully saturated rings. The van der Waals surface area contributed by atoms with Crippen LogP contribution in [0, 0.1) is 12.7 Å². The van der Waals surface area contributed by atoms with Gasteiger partial charge in [0.05, 0.1) is 28.5 Å². The Bertz CT molecular complexity index is 1530. The number of hydrogen-bond acceptors (Lipinski definition) is 7. The molecule has 38 heavy (non-hydrogen) atoms. The number of carboxylic acids is 1. The van der Waals surface area contributed by atoms with Gasteiger partial charge in [-0.2, -0.15) is 0 Å². The fourth-order valence-corrected chi connectivity index (χ4v) is 7.41. The second kappa shape index (κ2) is 9.17. The number of benzene rings is 2. The van der Waals surface area contributed by atoms with Gasteiger partial charge in [0, 0.05) is 29.1 Å². The number of aromatic nitrogens is 2. The molecule has 3 aliphatic rings. The number of nitrogens with zero attached hydrogens (tertiary/aromatic N) is 3. The van der Waals surface area contributed by atoms with Crippen LogP contribution >= 0.6 is 11.3 Å². The van der Waals surface area contributed by atoms with Crippen molar-refractivity contribution in [2.45, 2.75) is 76.2 Å². The molecule has 2 unspecified atom stereocenters. The summed E-state index contributed by atoms with van der Waals surface area (Å²) in [4.78, 5) is 18.9. The molecular formula is C29H28FN3O4S. The SMILES string of the molecule is Cc1cc(C(=O)O)cc2sc(N3C4CCC3CC(OCc3c(-c5ccccc5F)noc3C3CC3)C4)nc12. The molecule has 7 nitrogen and oxygen atoms in total. The van der Waals surface area contributed by atoms with Gasteiger partial charge in [-0.25, -0.2) is 14.2 Å². The number of hydrogen-bond donors (Lipinski definition) is 1. The third-order valence-corrected chi connectivity index (χ3v) is 9.21. The number of aryl methyl sites for hydroxylation is 1. The largest absolute Gasteiger partial charge is 0.478 e. The van der Waals surface area contributed by atoms with Gasteiger partial charge in [0.1, 0.15) is 17.3 Å². The van der Waals surface area contributed by atoms with Crippen molar-refractivity contribution in [3.8, 4) is 11.3 Å². The van der Waals surface area contributed by atoms with E-state index >= 15 is 0 Å². The summed E-state index contributed by atoms with van der Waals surface area (Å²) in [7, 11) is 0. The number of aromatic carboxylic acids is 1. The molecule has 2 aliphatic heterocycles. The molecule has 0 spiro atoms. The first-order valence-electron chi connectivity index (χ1n) is 13.2. The number of carboxylic acid groups (broad SMARTS) is 1. The summed E-state index contributed by atoms with van der Waals surface area (Å²) in [6.45, 7) is 2.28. The van der Waals surface area contributed by atoms with Crippen LogP contribution in [0.4, 0.5) is 9.52 Å². The van der Waals surface area contributed by atoms with Crippen molar-refractivity contribution in [2.24, 2.45) is 0 Å². The van der Waals surface area contributed by atoms with Crippen LogP contribution in [0.15, 0.2) is 40.9 Å². The molecule has 9 heteroatoms. The number of thiazole rings is 1. The van der Waals surface area contributed by atoms with Crippen LogP contribution in [-0.2, 0) is 11.3 Å². The van der Waals surface area contributed by atoms with E-state index in [0.29, 0.717) is 41.4 Å². The minimum Gasteiger partial charge on any atom is -0.478 e. The highest BCUT2D eigenvalue weighted by Crippen LogP contribution is 2.46. The molecule has 2 aromatic heterocycles. The fourth-order valence-electron chi connectivity index (χ4n) is 6.19. The molecule has 196 valence electrons. The molecule has 4 heterocycles. The zero-order valence-electron chi connectivity index (χ0n) is 21.0. The van der Waals surface area contributed by atoms with E-state index < -0.39 is 5.97 Å². The van der Waals surface area contributed by atoms with Crippen LogP contribution in [0.5, 0.6) is 0 Å². The van der Waals surface area contributed by atoms with Gasteiger partial charge in [0.2, 0.25) is 0 Å². The van der Waals surface area contributed by atoms with Crippen LogP contribution < -0.4 is 4.90 Å². The van der Waals surface area contributed by atoms with E-state index in [0.717, 1.165) is 70.8 Å². The van der Waals surface area contributed by atoms with Crippen LogP contribution in [-0.4, -0.2) is 39.4 Å². The quantitative estimate of drug-likeness (QED) is 0.283. The molecule has 1 N–H and O–H groups in total. The van der Waals surface area contributed by atoms with Gasteiger partial charge >= 0.3 is 5.97 Å². The van der Waals surface area contributed by atoms with Gasteiger partial charge in [-0.3, -0.25) is 0 Å². The van der Waals surface area contributed by atoms with Crippen LogP contribution in [0.3, 0.4) is 0 Å². The highest BCUT2D eigenvalue weighted by atomic mass is 32.1. The van der Waals surface area contributed by atoms with E-state index in [4.69, 9.17) is 14.2 Å². The van der Waals surface area contributed by atoms with E-state index in [1.807, 2.05) is 13.0 Å². The number of anilines is 1. The van der Waals surface area contributed by atoms with Crippen molar-refractivity contribution in [1.29, 1.82) is 0 Å². The molecule has 7 rings (SSSR count). The second-order valence-corrected chi connectivity index (χ2v) is 11.8. The van der Waals surface area contributed by atoms with E-state index in [-0.39, 0.29) is 11.9 Å². The minimum atomic E-state index is -0.918. The molecule has 4 aromatic rings. The van der Waals surface area contributed by atoms with Crippen molar-refractivity contribution >= 4 is 32.7 Å². The topological polar surface area (TPSA) is 88.7 Å². The highest BCUT2D eigenvalue weighted by molar-refractivity contribution is 7.22. The number of ether oxygens (including phenoxy) is 1. The molecular weight excluding hydrogens is 505 g/mol. The Morgan fingerprint density at radius 1 is 1.18 bits per heavy atom. The molecule has 1 saturated carbocycles. The Morgan fingerprint density at radius 3 is 2.66 bits per heavy atom. The predicted molar refractivity (Wildman–Crippen MR) is 142 cm³/mol. The minimum absolute atomic E-state index is 0.0916. The maximum absolute atomic E-state index is 14.6. The second-order valence-electron chi connectivity index (χ2n) is 10.8. The van der Waals surface area contributed by atoms with Gasteiger partial charge in [-0.15, -0.1) is 0 Å². The summed E-state index contributed by atoms with van der Waals surface area (Å²) in [6.07, 6.45) is 6.18. The number of carbonyl (C=O) groups is 1. The maximum atomic E-state index is 14.6. The lowest BCUT2D eigenvalue weighted by molar-refractivity contribution is 0.0147. The predicted octanol–water partition coefficient (Wildman–Crippen LogP) is 6.69. The fraction of sp³-hybridized carbons (Fsp3) is 0.414. The first-order chi connectivity index (χ1) is 18.5. The molecule has 0 radical (unpaired) electrons. The highest BCUT2D eigenvalue weighted by Gasteiger charge is 2.43. The van der Waals surface area contributed by atoms with Gasteiger partial charge in [-0.1, -0.05) is 28.6 Å². The summed E-state index contributed by atoms with van der Waals surface area (Å²) in [5.74, 6) is -0.0332. The van der Waals surface area contributed by atoms with Crippen molar-refractivity contribution in [3.05, 3.63) is 64.7 Å². The Morgan fingerprint density at radius 2 is 1.95 bits per heavy atom. The number of piperidine rings is 1. The van der Waals surface area contributed by atoms with Crippen LogP contribution in [0.1, 0.15) is 71.7 Å². The summed E-state index contributed by atoms with van der Waals surface area (Å²) in [5, 5.41) is 14.7. The van der Waals surface area contributed by atoms with Crippen LogP contribution in [0.2, 0.25) is 0 Å². The Labute approximate surface area is 223 Å². The standard InChI is InChI=1S/C29H28FN3O4S/c1-15-10-17(28(34)35)11-24-25(15)31-29(38-24)33-18-8-9-19(33)13-20(12-18)36-14-22-26(21-4-2-3-5-23(21)30)32-37-27(22)16-6-7-16/h2-5,10-11,16,18-20H,6-9,12-14H2,1H3,(H,34,35). The first kappa shape index (κ1) is 23.8. The normalized spacial score (nSPS) is 22.9. The summed E-state index contributed by atoms with van der Waals surface area (Å²) >= 11 is 1.58. The van der Waals surface area contributed by atoms with Crippen molar-refractivity contribution in [1.82, 2.24) is 10.1 Å². The molecule has 1 aliphatic carbocycles. The van der Waals surface area contributed by atoms with Crippen molar-refractivity contribution in [3.63, 3.8) is 0 Å². The summed E-state index contributed by atoms with van der Waals surface area (Å²) < 4.78 is 27.7. The Kier molecular flexibility index (Phi) is 5.74. The molecule has 0 amide bonds. The first-order valence-corrected chi connectivity index (χ1v) is 14.1. The van der Waals surface area contributed by atoms with Gasteiger partial charge in [0.25, 0.3) is 0 Å². The Hall–Kier alpha value is -3.30. The van der Waals surface area contributed by atoms with E-state index in [1.165, 1.54) is 6.07 Å². The van der Waals surface area contributed by atoms with E-state index in [9.17, 15) is 14.3 Å². The molecule has 2 atom stereocenters. The van der Waals surface area contributed by atoms with E-state index in [2.05, 4.69) is 10.1 Å². The monoisotopic (exact) mass is 533 g/mol. The van der Waals surface area contributed by atoms with Gasteiger partial charge in [-0.05, 0) is 75.3 Å². The number of rotatable bonds is 7. The van der Waals surface area contributed by atoms with Gasteiger partial charge < -0.3 is 19.3 Å². The lowest BCUT2D eigenvalue weighted by atomic mass is 10.00. The zero-order chi connectivity index (χ0) is 26.0.